The molecule has 0 radical (unpaired) electrons. The molecule has 1 aromatic rings. The number of nitrogens with zero attached hydrogens (tertiary/aromatic N) is 2. The quantitative estimate of drug-likeness (QED) is 0.878. The molecule has 0 saturated carbocycles. The molecular weight excluding hydrogens is 222 g/mol. The molecule has 1 fully saturated rings. The molecule has 0 atom stereocenters. The smallest absolute Gasteiger partial charge is 0.0543 e. The van der Waals surface area contributed by atoms with E-state index in [-0.39, 0.29) is 0 Å². The predicted molar refractivity (Wildman–Crippen MR) is 79.4 cm³/mol. The third-order valence-electron chi connectivity index (χ3n) is 2.74. The number of rotatable bonds is 2. The van der Waals surface area contributed by atoms with Gasteiger partial charge in [-0.3, -0.25) is 9.88 Å². The first-order valence-electron chi connectivity index (χ1n) is 7.22. The summed E-state index contributed by atoms with van der Waals surface area (Å²) in [5.74, 6) is 0. The lowest BCUT2D eigenvalue weighted by Gasteiger charge is -2.29. The third-order valence-corrected chi connectivity index (χ3v) is 2.74. The first-order valence-corrected chi connectivity index (χ1v) is 7.22. The van der Waals surface area contributed by atoms with E-state index in [1.54, 1.807) is 0 Å². The van der Waals surface area contributed by atoms with Gasteiger partial charge in [0.05, 0.1) is 5.69 Å². The van der Waals surface area contributed by atoms with E-state index in [1.165, 1.54) is 0 Å². The lowest BCUT2D eigenvalue weighted by molar-refractivity contribution is 0.203. The molecule has 18 heavy (non-hydrogen) atoms. The minimum Gasteiger partial charge on any atom is -0.328 e. The number of hydrogen-bond donors (Lipinski definition) is 1. The van der Waals surface area contributed by atoms with Crippen molar-refractivity contribution in [3.63, 3.8) is 0 Å². The topological polar surface area (TPSA) is 42.1 Å². The maximum Gasteiger partial charge on any atom is 0.0543 e. The van der Waals surface area contributed by atoms with Gasteiger partial charge in [0.15, 0.2) is 0 Å². The van der Waals surface area contributed by atoms with Gasteiger partial charge in [0, 0.05) is 31.9 Å². The molecule has 0 spiro atoms. The van der Waals surface area contributed by atoms with Gasteiger partial charge in [-0.05, 0) is 25.0 Å². The predicted octanol–water partition coefficient (Wildman–Crippen LogP) is 3.06. The maximum atomic E-state index is 5.85. The van der Waals surface area contributed by atoms with E-state index in [4.69, 9.17) is 5.73 Å². The minimum atomic E-state index is 0.412. The van der Waals surface area contributed by atoms with Gasteiger partial charge in [0.1, 0.15) is 0 Å². The second-order valence-corrected chi connectivity index (χ2v) is 3.93. The molecule has 104 valence electrons. The van der Waals surface area contributed by atoms with Crippen molar-refractivity contribution in [2.24, 2.45) is 5.73 Å². The average Bonchev–Trinajstić information content (AvgIpc) is 2.47. The number of piperidine rings is 1. The van der Waals surface area contributed by atoms with Gasteiger partial charge >= 0.3 is 0 Å². The number of nitrogens with two attached hydrogens (primary N) is 1. The van der Waals surface area contributed by atoms with E-state index in [0.29, 0.717) is 6.04 Å². The van der Waals surface area contributed by atoms with Gasteiger partial charge in [0.2, 0.25) is 0 Å². The summed E-state index contributed by atoms with van der Waals surface area (Å²) in [5.41, 5.74) is 7.00. The molecule has 1 aliphatic heterocycles. The highest BCUT2D eigenvalue weighted by Crippen LogP contribution is 2.10. The van der Waals surface area contributed by atoms with Gasteiger partial charge in [0.25, 0.3) is 0 Å². The zero-order chi connectivity index (χ0) is 13.8. The fourth-order valence-corrected chi connectivity index (χ4v) is 1.83. The number of likely N-dealkylation sites (tertiary alicyclic amines) is 1. The molecule has 3 heteroatoms. The van der Waals surface area contributed by atoms with Crippen LogP contribution < -0.4 is 5.73 Å². The highest BCUT2D eigenvalue weighted by atomic mass is 15.1. The largest absolute Gasteiger partial charge is 0.328 e. The van der Waals surface area contributed by atoms with Crippen molar-refractivity contribution in [3.8, 4) is 0 Å². The fraction of sp³-hybridized carbons (Fsp3) is 0.667. The molecule has 2 N–H and O–H groups in total. The van der Waals surface area contributed by atoms with Crippen LogP contribution >= 0.6 is 0 Å². The molecular formula is C15H29N3. The van der Waals surface area contributed by atoms with Crippen LogP contribution in [0.3, 0.4) is 0 Å². The zero-order valence-corrected chi connectivity index (χ0v) is 12.4. The maximum absolute atomic E-state index is 5.85. The summed E-state index contributed by atoms with van der Waals surface area (Å²) < 4.78 is 0. The summed E-state index contributed by atoms with van der Waals surface area (Å²) in [6, 6.07) is 6.48. The summed E-state index contributed by atoms with van der Waals surface area (Å²) >= 11 is 0. The normalized spacial score (nSPS) is 16.1. The van der Waals surface area contributed by atoms with Crippen LogP contribution in [-0.4, -0.2) is 29.0 Å². The van der Waals surface area contributed by atoms with Crippen LogP contribution in [0, 0.1) is 0 Å². The van der Waals surface area contributed by atoms with E-state index in [2.05, 4.69) is 16.0 Å². The Balaban J connectivity index is 0.000000659. The monoisotopic (exact) mass is 251 g/mol. The molecule has 0 amide bonds. The van der Waals surface area contributed by atoms with Crippen LogP contribution in [-0.2, 0) is 6.54 Å². The van der Waals surface area contributed by atoms with E-state index in [9.17, 15) is 0 Å². The van der Waals surface area contributed by atoms with Crippen molar-refractivity contribution >= 4 is 0 Å². The van der Waals surface area contributed by atoms with E-state index < -0.39 is 0 Å². The molecule has 0 unspecified atom stereocenters. The fourth-order valence-electron chi connectivity index (χ4n) is 1.83. The number of hydrogen-bond acceptors (Lipinski definition) is 3. The van der Waals surface area contributed by atoms with Crippen molar-refractivity contribution in [1.29, 1.82) is 0 Å². The van der Waals surface area contributed by atoms with Gasteiger partial charge in [-0.2, -0.15) is 0 Å². The van der Waals surface area contributed by atoms with E-state index in [0.717, 1.165) is 38.2 Å². The summed E-state index contributed by atoms with van der Waals surface area (Å²) in [5, 5.41) is 0. The zero-order valence-electron chi connectivity index (χ0n) is 12.4. The molecule has 0 aliphatic carbocycles. The van der Waals surface area contributed by atoms with Crippen LogP contribution in [0.2, 0.25) is 0 Å². The molecule has 1 aromatic heterocycles. The van der Waals surface area contributed by atoms with Crippen LogP contribution in [0.15, 0.2) is 24.4 Å². The van der Waals surface area contributed by atoms with Gasteiger partial charge < -0.3 is 5.73 Å². The molecule has 3 nitrogen and oxygen atoms in total. The minimum absolute atomic E-state index is 0.412. The standard InChI is InChI=1S/C11H17N3.2C2H6/c12-10-4-7-14(8-5-10)9-11-3-1-2-6-13-11;2*1-2/h1-3,6,10H,4-5,7-9,12H2;2*1-2H3. The molecule has 0 bridgehead atoms. The summed E-state index contributed by atoms with van der Waals surface area (Å²) in [6.45, 7) is 11.2. The van der Waals surface area contributed by atoms with Crippen LogP contribution in [0.25, 0.3) is 0 Å². The van der Waals surface area contributed by atoms with Crippen LogP contribution in [0.1, 0.15) is 46.2 Å². The molecule has 1 saturated heterocycles. The highest BCUT2D eigenvalue weighted by Gasteiger charge is 2.15. The summed E-state index contributed by atoms with van der Waals surface area (Å²) in [6.07, 6.45) is 4.09. The average molecular weight is 251 g/mol. The van der Waals surface area contributed by atoms with Crippen molar-refractivity contribution in [2.75, 3.05) is 13.1 Å². The summed E-state index contributed by atoms with van der Waals surface area (Å²) in [7, 11) is 0. The van der Waals surface area contributed by atoms with Crippen molar-refractivity contribution < 1.29 is 0 Å². The van der Waals surface area contributed by atoms with Gasteiger partial charge in [-0.25, -0.2) is 0 Å². The molecule has 0 aromatic carbocycles. The Hall–Kier alpha value is -0.930. The third kappa shape index (κ3) is 6.72. The Morgan fingerprint density at radius 1 is 1.17 bits per heavy atom. The second kappa shape index (κ2) is 11.2. The first kappa shape index (κ1) is 17.1. The first-order chi connectivity index (χ1) is 8.84. The Morgan fingerprint density at radius 2 is 1.78 bits per heavy atom. The SMILES string of the molecule is CC.CC.NC1CCN(Cc2ccccn2)CC1. The van der Waals surface area contributed by atoms with Gasteiger partial charge in [-0.1, -0.05) is 33.8 Å². The Kier molecular flexibility index (Phi) is 10.6. The lowest BCUT2D eigenvalue weighted by atomic mass is 10.1. The Bertz CT molecular complexity index is 266. The Morgan fingerprint density at radius 3 is 2.28 bits per heavy atom. The van der Waals surface area contributed by atoms with Crippen LogP contribution in [0.4, 0.5) is 0 Å². The molecule has 1 aliphatic rings. The lowest BCUT2D eigenvalue weighted by Crippen LogP contribution is -2.39. The van der Waals surface area contributed by atoms with Crippen molar-refractivity contribution in [2.45, 2.75) is 53.1 Å². The van der Waals surface area contributed by atoms with Gasteiger partial charge in [-0.15, -0.1) is 0 Å². The van der Waals surface area contributed by atoms with Crippen molar-refractivity contribution in [3.05, 3.63) is 30.1 Å². The second-order valence-electron chi connectivity index (χ2n) is 3.93. The van der Waals surface area contributed by atoms with E-state index in [1.807, 2.05) is 46.0 Å². The Labute approximate surface area is 112 Å². The van der Waals surface area contributed by atoms with Crippen molar-refractivity contribution in [1.82, 2.24) is 9.88 Å². The summed E-state index contributed by atoms with van der Waals surface area (Å²) in [4.78, 5) is 6.74. The number of aromatic nitrogens is 1. The van der Waals surface area contributed by atoms with E-state index >= 15 is 0 Å². The molecule has 2 heterocycles. The van der Waals surface area contributed by atoms with Crippen LogP contribution in [0.5, 0.6) is 0 Å². The molecule has 2 rings (SSSR count). The highest BCUT2D eigenvalue weighted by molar-refractivity contribution is 5.03. The number of pyridine rings is 1.